The fourth-order valence-electron chi connectivity index (χ4n) is 2.49. The molecule has 2 heterocycles. The second kappa shape index (κ2) is 6.73. The number of halogens is 1. The van der Waals surface area contributed by atoms with Gasteiger partial charge in [0.25, 0.3) is 0 Å². The van der Waals surface area contributed by atoms with Gasteiger partial charge in [-0.2, -0.15) is 0 Å². The first-order valence-corrected chi connectivity index (χ1v) is 7.86. The molecule has 1 aliphatic heterocycles. The van der Waals surface area contributed by atoms with Crippen LogP contribution >= 0.6 is 11.6 Å². The molecule has 2 rings (SSSR count). The standard InChI is InChI=1S/C16H23ClN2O3/c1-16(2,3)22-15(20)19-9-7-11(8-10-19)13-6-5-12(17)14(18-13)21-4/h5-6,11H,7-10H2,1-4H3. The lowest BCUT2D eigenvalue weighted by molar-refractivity contribution is 0.0204. The van der Waals surface area contributed by atoms with E-state index in [4.69, 9.17) is 21.1 Å². The van der Waals surface area contributed by atoms with Gasteiger partial charge >= 0.3 is 6.09 Å². The fourth-order valence-corrected chi connectivity index (χ4v) is 2.67. The van der Waals surface area contributed by atoms with Gasteiger partial charge in [0.2, 0.25) is 5.88 Å². The van der Waals surface area contributed by atoms with Gasteiger partial charge in [-0.3, -0.25) is 0 Å². The number of methoxy groups -OCH3 is 1. The zero-order valence-corrected chi connectivity index (χ0v) is 14.3. The maximum absolute atomic E-state index is 12.1. The predicted octanol–water partition coefficient (Wildman–Crippen LogP) is 3.86. The van der Waals surface area contributed by atoms with E-state index in [9.17, 15) is 4.79 Å². The summed E-state index contributed by atoms with van der Waals surface area (Å²) in [6.07, 6.45) is 1.47. The van der Waals surface area contributed by atoms with Gasteiger partial charge in [-0.1, -0.05) is 11.6 Å². The molecule has 1 aromatic rings. The molecule has 6 heteroatoms. The number of likely N-dealkylation sites (tertiary alicyclic amines) is 1. The number of rotatable bonds is 2. The summed E-state index contributed by atoms with van der Waals surface area (Å²) >= 11 is 6.00. The van der Waals surface area contributed by atoms with Crippen LogP contribution in [-0.2, 0) is 4.74 Å². The summed E-state index contributed by atoms with van der Waals surface area (Å²) in [6.45, 7) is 6.98. The highest BCUT2D eigenvalue weighted by molar-refractivity contribution is 6.31. The van der Waals surface area contributed by atoms with Crippen molar-refractivity contribution in [2.24, 2.45) is 0 Å². The minimum absolute atomic E-state index is 0.243. The molecule has 0 unspecified atom stereocenters. The van der Waals surface area contributed by atoms with Gasteiger partial charge in [-0.05, 0) is 45.7 Å². The van der Waals surface area contributed by atoms with Gasteiger partial charge < -0.3 is 14.4 Å². The van der Waals surface area contributed by atoms with E-state index in [1.807, 2.05) is 32.9 Å². The number of carbonyl (C=O) groups excluding carboxylic acids is 1. The van der Waals surface area contributed by atoms with E-state index in [0.29, 0.717) is 29.9 Å². The Morgan fingerprint density at radius 3 is 2.50 bits per heavy atom. The summed E-state index contributed by atoms with van der Waals surface area (Å²) in [5, 5.41) is 0.512. The maximum Gasteiger partial charge on any atom is 0.410 e. The average Bonchev–Trinajstić information content (AvgIpc) is 2.46. The monoisotopic (exact) mass is 326 g/mol. The first-order valence-electron chi connectivity index (χ1n) is 7.48. The van der Waals surface area contributed by atoms with Crippen LogP contribution in [0.1, 0.15) is 45.2 Å². The quantitative estimate of drug-likeness (QED) is 0.828. The van der Waals surface area contributed by atoms with Crippen molar-refractivity contribution in [3.63, 3.8) is 0 Å². The van der Waals surface area contributed by atoms with Crippen molar-refractivity contribution in [3.8, 4) is 5.88 Å². The van der Waals surface area contributed by atoms with Crippen LogP contribution in [0.4, 0.5) is 4.79 Å². The first-order chi connectivity index (χ1) is 10.3. The second-order valence-electron chi connectivity index (χ2n) is 6.47. The number of hydrogen-bond acceptors (Lipinski definition) is 4. The number of amides is 1. The summed E-state index contributed by atoms with van der Waals surface area (Å²) in [7, 11) is 1.56. The number of carbonyl (C=O) groups is 1. The smallest absolute Gasteiger partial charge is 0.410 e. The van der Waals surface area contributed by atoms with Crippen LogP contribution in [-0.4, -0.2) is 41.8 Å². The minimum atomic E-state index is -0.459. The third kappa shape index (κ3) is 4.26. The predicted molar refractivity (Wildman–Crippen MR) is 85.6 cm³/mol. The topological polar surface area (TPSA) is 51.7 Å². The Labute approximate surface area is 136 Å². The molecule has 1 aromatic heterocycles. The molecule has 1 saturated heterocycles. The molecule has 1 amide bonds. The van der Waals surface area contributed by atoms with Crippen LogP contribution in [0.15, 0.2) is 12.1 Å². The highest BCUT2D eigenvalue weighted by atomic mass is 35.5. The first kappa shape index (κ1) is 16.9. The Hall–Kier alpha value is -1.49. The Morgan fingerprint density at radius 1 is 1.32 bits per heavy atom. The third-order valence-corrected chi connectivity index (χ3v) is 3.88. The lowest BCUT2D eigenvalue weighted by Crippen LogP contribution is -2.41. The van der Waals surface area contributed by atoms with E-state index in [-0.39, 0.29) is 6.09 Å². The molecule has 0 spiro atoms. The van der Waals surface area contributed by atoms with Crippen molar-refractivity contribution >= 4 is 17.7 Å². The molecule has 0 atom stereocenters. The van der Waals surface area contributed by atoms with Crippen LogP contribution in [0.25, 0.3) is 0 Å². The zero-order chi connectivity index (χ0) is 16.3. The molecule has 0 saturated carbocycles. The molecular formula is C16H23ClN2O3. The highest BCUT2D eigenvalue weighted by Crippen LogP contribution is 2.31. The van der Waals surface area contributed by atoms with Gasteiger partial charge in [0, 0.05) is 24.7 Å². The molecule has 1 fully saturated rings. The number of hydrogen-bond donors (Lipinski definition) is 0. The van der Waals surface area contributed by atoms with Crippen molar-refractivity contribution in [2.75, 3.05) is 20.2 Å². The molecule has 0 aromatic carbocycles. The Morgan fingerprint density at radius 2 is 1.95 bits per heavy atom. The molecule has 22 heavy (non-hydrogen) atoms. The van der Waals surface area contributed by atoms with E-state index in [0.717, 1.165) is 18.5 Å². The lowest BCUT2D eigenvalue weighted by Gasteiger charge is -2.33. The van der Waals surface area contributed by atoms with E-state index >= 15 is 0 Å². The van der Waals surface area contributed by atoms with Crippen LogP contribution in [0.3, 0.4) is 0 Å². The van der Waals surface area contributed by atoms with E-state index in [1.54, 1.807) is 12.0 Å². The molecule has 0 bridgehead atoms. The largest absolute Gasteiger partial charge is 0.480 e. The Bertz CT molecular complexity index is 535. The number of pyridine rings is 1. The Kier molecular flexibility index (Phi) is 5.16. The van der Waals surface area contributed by atoms with Gasteiger partial charge in [0.05, 0.1) is 7.11 Å². The van der Waals surface area contributed by atoms with Crippen molar-refractivity contribution in [1.82, 2.24) is 9.88 Å². The van der Waals surface area contributed by atoms with Gasteiger partial charge in [-0.15, -0.1) is 0 Å². The summed E-state index contributed by atoms with van der Waals surface area (Å²) in [6, 6.07) is 3.74. The molecule has 122 valence electrons. The van der Waals surface area contributed by atoms with Crippen LogP contribution in [0.5, 0.6) is 5.88 Å². The molecule has 1 aliphatic rings. The van der Waals surface area contributed by atoms with E-state index < -0.39 is 5.60 Å². The highest BCUT2D eigenvalue weighted by Gasteiger charge is 2.28. The Balaban J connectivity index is 1.96. The van der Waals surface area contributed by atoms with Crippen molar-refractivity contribution in [3.05, 3.63) is 22.8 Å². The van der Waals surface area contributed by atoms with Crippen LogP contribution in [0.2, 0.25) is 5.02 Å². The molecular weight excluding hydrogens is 304 g/mol. The normalized spacial score (nSPS) is 16.5. The van der Waals surface area contributed by atoms with Crippen LogP contribution < -0.4 is 4.74 Å². The zero-order valence-electron chi connectivity index (χ0n) is 13.6. The van der Waals surface area contributed by atoms with E-state index in [2.05, 4.69) is 4.98 Å². The summed E-state index contributed by atoms with van der Waals surface area (Å²) in [4.78, 5) is 18.3. The number of piperidine rings is 1. The van der Waals surface area contributed by atoms with Crippen molar-refractivity contribution in [2.45, 2.75) is 45.1 Å². The van der Waals surface area contributed by atoms with Crippen LogP contribution in [0, 0.1) is 0 Å². The van der Waals surface area contributed by atoms with Crippen molar-refractivity contribution in [1.29, 1.82) is 0 Å². The lowest BCUT2D eigenvalue weighted by atomic mass is 9.93. The molecule has 0 radical (unpaired) electrons. The van der Waals surface area contributed by atoms with Crippen molar-refractivity contribution < 1.29 is 14.3 Å². The summed E-state index contributed by atoms with van der Waals surface area (Å²) < 4.78 is 10.6. The molecule has 5 nitrogen and oxygen atoms in total. The van der Waals surface area contributed by atoms with Gasteiger partial charge in [0.15, 0.2) is 0 Å². The molecule has 0 N–H and O–H groups in total. The fraction of sp³-hybridized carbons (Fsp3) is 0.625. The maximum atomic E-state index is 12.1. The SMILES string of the molecule is COc1nc(C2CCN(C(=O)OC(C)(C)C)CC2)ccc1Cl. The second-order valence-corrected chi connectivity index (χ2v) is 6.88. The minimum Gasteiger partial charge on any atom is -0.480 e. The number of ether oxygens (including phenoxy) is 2. The third-order valence-electron chi connectivity index (χ3n) is 3.59. The van der Waals surface area contributed by atoms with Gasteiger partial charge in [0.1, 0.15) is 10.6 Å². The summed E-state index contributed by atoms with van der Waals surface area (Å²) in [5.74, 6) is 0.763. The average molecular weight is 327 g/mol. The molecule has 0 aliphatic carbocycles. The summed E-state index contributed by atoms with van der Waals surface area (Å²) in [5.41, 5.74) is 0.504. The number of aromatic nitrogens is 1. The van der Waals surface area contributed by atoms with E-state index in [1.165, 1.54) is 0 Å². The number of nitrogens with zero attached hydrogens (tertiary/aromatic N) is 2. The van der Waals surface area contributed by atoms with Gasteiger partial charge in [-0.25, -0.2) is 9.78 Å².